The molecule has 84 valence electrons. The second-order valence-electron chi connectivity index (χ2n) is 3.97. The monoisotopic (exact) mass is 200 g/mol. The molecule has 1 saturated heterocycles. The van der Waals surface area contributed by atoms with E-state index in [1.807, 2.05) is 0 Å². The van der Waals surface area contributed by atoms with Gasteiger partial charge < -0.3 is 16.4 Å². The van der Waals surface area contributed by atoms with E-state index in [1.54, 1.807) is 0 Å². The maximum absolute atomic E-state index is 5.52. The largest absolute Gasteiger partial charge is 0.330 e. The molecule has 0 bridgehead atoms. The molecule has 4 nitrogen and oxygen atoms in total. The first kappa shape index (κ1) is 11.9. The predicted octanol–water partition coefficient (Wildman–Crippen LogP) is -0.698. The lowest BCUT2D eigenvalue weighted by Crippen LogP contribution is -2.47. The number of rotatable bonds is 6. The van der Waals surface area contributed by atoms with E-state index in [0.29, 0.717) is 0 Å². The molecule has 1 fully saturated rings. The zero-order valence-electron chi connectivity index (χ0n) is 9.12. The number of unbranched alkanes of at least 4 members (excludes halogenated alkanes) is 1. The Bertz CT molecular complexity index is 132. The van der Waals surface area contributed by atoms with E-state index < -0.39 is 0 Å². The van der Waals surface area contributed by atoms with E-state index in [2.05, 4.69) is 9.80 Å². The summed E-state index contributed by atoms with van der Waals surface area (Å²) in [5, 5.41) is 0. The molecule has 0 aromatic heterocycles. The Morgan fingerprint density at radius 3 is 1.79 bits per heavy atom. The second-order valence-corrected chi connectivity index (χ2v) is 3.97. The van der Waals surface area contributed by atoms with Gasteiger partial charge in [0.1, 0.15) is 0 Å². The Balaban J connectivity index is 2.03. The summed E-state index contributed by atoms with van der Waals surface area (Å²) in [5.74, 6) is 0. The van der Waals surface area contributed by atoms with Gasteiger partial charge in [-0.25, -0.2) is 0 Å². The molecule has 1 rings (SSSR count). The zero-order valence-corrected chi connectivity index (χ0v) is 9.12. The van der Waals surface area contributed by atoms with E-state index in [4.69, 9.17) is 11.5 Å². The van der Waals surface area contributed by atoms with Crippen molar-refractivity contribution in [2.45, 2.75) is 12.8 Å². The highest BCUT2D eigenvalue weighted by atomic mass is 15.3. The van der Waals surface area contributed by atoms with Gasteiger partial charge in [0.25, 0.3) is 0 Å². The van der Waals surface area contributed by atoms with Crippen LogP contribution in [0, 0.1) is 0 Å². The summed E-state index contributed by atoms with van der Waals surface area (Å²) in [4.78, 5) is 4.97. The van der Waals surface area contributed by atoms with Crippen LogP contribution >= 0.6 is 0 Å². The first-order chi connectivity index (χ1) is 6.86. The molecule has 0 aliphatic carbocycles. The molecule has 0 aromatic rings. The summed E-state index contributed by atoms with van der Waals surface area (Å²) in [6.45, 7) is 8.64. The van der Waals surface area contributed by atoms with Gasteiger partial charge in [0.05, 0.1) is 0 Å². The predicted molar refractivity (Wildman–Crippen MR) is 60.2 cm³/mol. The van der Waals surface area contributed by atoms with Gasteiger partial charge in [0, 0.05) is 39.3 Å². The molecule has 1 aliphatic heterocycles. The van der Waals surface area contributed by atoms with Crippen LogP contribution in [-0.4, -0.2) is 62.2 Å². The molecular formula is C10H24N4. The normalized spacial score (nSPS) is 20.1. The molecule has 14 heavy (non-hydrogen) atoms. The molecule has 0 saturated carbocycles. The fraction of sp³-hybridized carbons (Fsp3) is 1.00. The Labute approximate surface area is 87.2 Å². The molecule has 4 heteroatoms. The highest BCUT2D eigenvalue weighted by molar-refractivity contribution is 4.71. The van der Waals surface area contributed by atoms with Crippen LogP contribution in [0.1, 0.15) is 12.8 Å². The van der Waals surface area contributed by atoms with E-state index in [-0.39, 0.29) is 0 Å². The lowest BCUT2D eigenvalue weighted by molar-refractivity contribution is 0.134. The second kappa shape index (κ2) is 7.17. The van der Waals surface area contributed by atoms with Crippen LogP contribution < -0.4 is 11.5 Å². The van der Waals surface area contributed by atoms with Crippen molar-refractivity contribution < 1.29 is 0 Å². The van der Waals surface area contributed by atoms with E-state index >= 15 is 0 Å². The highest BCUT2D eigenvalue weighted by Crippen LogP contribution is 2.02. The van der Waals surface area contributed by atoms with Gasteiger partial charge in [-0.05, 0) is 25.9 Å². The van der Waals surface area contributed by atoms with Gasteiger partial charge >= 0.3 is 0 Å². The van der Waals surface area contributed by atoms with Gasteiger partial charge in [0.15, 0.2) is 0 Å². The van der Waals surface area contributed by atoms with Crippen LogP contribution in [0.5, 0.6) is 0 Å². The molecule has 1 heterocycles. The number of nitrogens with two attached hydrogens (primary N) is 2. The third-order valence-electron chi connectivity index (χ3n) is 2.84. The highest BCUT2D eigenvalue weighted by Gasteiger charge is 2.14. The van der Waals surface area contributed by atoms with E-state index in [9.17, 15) is 0 Å². The summed E-state index contributed by atoms with van der Waals surface area (Å²) >= 11 is 0. The summed E-state index contributed by atoms with van der Waals surface area (Å²) in [6.07, 6.45) is 2.40. The molecule has 0 atom stereocenters. The lowest BCUT2D eigenvalue weighted by atomic mass is 10.2. The molecule has 4 N–H and O–H groups in total. The van der Waals surface area contributed by atoms with Crippen molar-refractivity contribution in [3.63, 3.8) is 0 Å². The third kappa shape index (κ3) is 4.37. The maximum Gasteiger partial charge on any atom is 0.0110 e. The fourth-order valence-electron chi connectivity index (χ4n) is 1.90. The average molecular weight is 200 g/mol. The van der Waals surface area contributed by atoms with Crippen LogP contribution in [0.2, 0.25) is 0 Å². The summed E-state index contributed by atoms with van der Waals surface area (Å²) in [5.41, 5.74) is 11.0. The lowest BCUT2D eigenvalue weighted by Gasteiger charge is -2.34. The van der Waals surface area contributed by atoms with E-state index in [1.165, 1.54) is 39.1 Å². The fourth-order valence-corrected chi connectivity index (χ4v) is 1.90. The Morgan fingerprint density at radius 2 is 1.29 bits per heavy atom. The number of piperazine rings is 1. The standard InChI is InChI=1S/C10H24N4/c11-3-1-2-5-13-7-9-14(6-4-12)10-8-13/h1-12H2. The molecule has 0 radical (unpaired) electrons. The first-order valence-electron chi connectivity index (χ1n) is 5.71. The van der Waals surface area contributed by atoms with Gasteiger partial charge in [-0.15, -0.1) is 0 Å². The van der Waals surface area contributed by atoms with Crippen LogP contribution in [0.4, 0.5) is 0 Å². The maximum atomic E-state index is 5.52. The molecule has 0 unspecified atom stereocenters. The molecule has 0 amide bonds. The van der Waals surface area contributed by atoms with Crippen LogP contribution in [-0.2, 0) is 0 Å². The Hall–Kier alpha value is -0.160. The zero-order chi connectivity index (χ0) is 10.2. The minimum absolute atomic E-state index is 0.785. The Kier molecular flexibility index (Phi) is 6.10. The van der Waals surface area contributed by atoms with Crippen molar-refractivity contribution in [3.8, 4) is 0 Å². The van der Waals surface area contributed by atoms with Crippen LogP contribution in [0.15, 0.2) is 0 Å². The van der Waals surface area contributed by atoms with Gasteiger partial charge in [-0.1, -0.05) is 0 Å². The molecule has 0 spiro atoms. The van der Waals surface area contributed by atoms with Gasteiger partial charge in [-0.2, -0.15) is 0 Å². The smallest absolute Gasteiger partial charge is 0.0110 e. The van der Waals surface area contributed by atoms with Crippen LogP contribution in [0.25, 0.3) is 0 Å². The SMILES string of the molecule is NCCCCN1CCN(CCN)CC1. The minimum Gasteiger partial charge on any atom is -0.330 e. The quantitative estimate of drug-likeness (QED) is 0.557. The van der Waals surface area contributed by atoms with Crippen molar-refractivity contribution >= 4 is 0 Å². The first-order valence-corrected chi connectivity index (χ1v) is 5.71. The summed E-state index contributed by atoms with van der Waals surface area (Å²) in [6, 6.07) is 0. The summed E-state index contributed by atoms with van der Waals surface area (Å²) < 4.78 is 0. The van der Waals surface area contributed by atoms with Crippen molar-refractivity contribution in [2.24, 2.45) is 11.5 Å². The van der Waals surface area contributed by atoms with E-state index in [0.717, 1.165) is 26.1 Å². The molecular weight excluding hydrogens is 176 g/mol. The third-order valence-corrected chi connectivity index (χ3v) is 2.84. The molecule has 0 aromatic carbocycles. The van der Waals surface area contributed by atoms with Crippen molar-refractivity contribution in [3.05, 3.63) is 0 Å². The number of hydrogen-bond donors (Lipinski definition) is 2. The summed E-state index contributed by atoms with van der Waals surface area (Å²) in [7, 11) is 0. The van der Waals surface area contributed by atoms with Crippen molar-refractivity contribution in [1.82, 2.24) is 9.80 Å². The van der Waals surface area contributed by atoms with Crippen LogP contribution in [0.3, 0.4) is 0 Å². The van der Waals surface area contributed by atoms with Crippen molar-refractivity contribution in [2.75, 3.05) is 52.4 Å². The molecule has 1 aliphatic rings. The number of hydrogen-bond acceptors (Lipinski definition) is 4. The number of nitrogens with zero attached hydrogens (tertiary/aromatic N) is 2. The topological polar surface area (TPSA) is 58.5 Å². The van der Waals surface area contributed by atoms with Gasteiger partial charge in [0.2, 0.25) is 0 Å². The Morgan fingerprint density at radius 1 is 0.714 bits per heavy atom. The average Bonchev–Trinajstić information content (AvgIpc) is 2.21. The van der Waals surface area contributed by atoms with Gasteiger partial charge in [-0.3, -0.25) is 4.90 Å². The minimum atomic E-state index is 0.785. The van der Waals surface area contributed by atoms with Crippen molar-refractivity contribution in [1.29, 1.82) is 0 Å².